The second kappa shape index (κ2) is 13.2. The summed E-state index contributed by atoms with van der Waals surface area (Å²) in [6.07, 6.45) is 1.55. The van der Waals surface area contributed by atoms with Crippen molar-refractivity contribution < 1.29 is 28.8 Å². The number of para-hydroxylation sites is 2. The Morgan fingerprint density at radius 1 is 1.10 bits per heavy atom. The van der Waals surface area contributed by atoms with E-state index in [0.717, 1.165) is 32.4 Å². The molecule has 3 aromatic rings. The van der Waals surface area contributed by atoms with Crippen LogP contribution in [0.4, 0.5) is 21.9 Å². The zero-order valence-electron chi connectivity index (χ0n) is 22.2. The van der Waals surface area contributed by atoms with E-state index in [9.17, 15) is 24.5 Å². The topological polar surface area (TPSA) is 131 Å². The quantitative estimate of drug-likeness (QED) is 0.182. The summed E-state index contributed by atoms with van der Waals surface area (Å²) >= 11 is 4.17. The van der Waals surface area contributed by atoms with Crippen molar-refractivity contribution in [3.63, 3.8) is 0 Å². The number of carbonyl (C=O) groups excluding carboxylic acids is 3. The van der Waals surface area contributed by atoms with Crippen LogP contribution in [0.1, 0.15) is 11.1 Å². The highest BCUT2D eigenvalue weighted by Crippen LogP contribution is 2.35. The lowest BCUT2D eigenvalue weighted by Crippen LogP contribution is -2.38. The fraction of sp³-hybridized carbons (Fsp3) is 0.207. The van der Waals surface area contributed by atoms with E-state index in [2.05, 4.69) is 26.1 Å². The molecular weight excluding hydrogens is 628 g/mol. The number of halogens is 1. The Morgan fingerprint density at radius 2 is 1.83 bits per heavy atom. The minimum atomic E-state index is -0.581. The molecule has 5 rings (SSSR count). The van der Waals surface area contributed by atoms with E-state index in [0.29, 0.717) is 43.3 Å². The monoisotopic (exact) mass is 652 g/mol. The summed E-state index contributed by atoms with van der Waals surface area (Å²) < 4.78 is 12.1. The maximum atomic E-state index is 13.2. The predicted octanol–water partition coefficient (Wildman–Crippen LogP) is 5.45. The molecule has 2 heterocycles. The van der Waals surface area contributed by atoms with E-state index in [1.54, 1.807) is 42.5 Å². The molecule has 2 aliphatic rings. The van der Waals surface area contributed by atoms with Gasteiger partial charge in [0, 0.05) is 35.3 Å². The van der Waals surface area contributed by atoms with Gasteiger partial charge in [-0.05, 0) is 65.9 Å². The first-order chi connectivity index (χ1) is 20.3. The van der Waals surface area contributed by atoms with E-state index in [1.165, 1.54) is 12.1 Å². The van der Waals surface area contributed by atoms with Gasteiger partial charge in [0.05, 0.1) is 34.4 Å². The lowest BCUT2D eigenvalue weighted by molar-refractivity contribution is -0.384. The van der Waals surface area contributed by atoms with E-state index < -0.39 is 28.5 Å². The lowest BCUT2D eigenvalue weighted by atomic mass is 10.1. The second-order valence-electron chi connectivity index (χ2n) is 9.33. The van der Waals surface area contributed by atoms with E-state index in [-0.39, 0.29) is 17.2 Å². The molecule has 2 aliphatic heterocycles. The van der Waals surface area contributed by atoms with Crippen LogP contribution in [-0.4, -0.2) is 59.7 Å². The van der Waals surface area contributed by atoms with Crippen LogP contribution in [0.5, 0.6) is 5.75 Å². The number of hydrogen-bond acceptors (Lipinski definition) is 9. The number of imide groups is 1. The molecule has 0 aromatic heterocycles. The molecule has 42 heavy (non-hydrogen) atoms. The maximum Gasteiger partial charge on any atom is 0.294 e. The predicted molar refractivity (Wildman–Crippen MR) is 162 cm³/mol. The number of nitro benzene ring substituents is 1. The second-order valence-corrected chi connectivity index (χ2v) is 11.2. The van der Waals surface area contributed by atoms with E-state index >= 15 is 0 Å². The standard InChI is InChI=1S/C29H25BrN4O7S/c30-21-7-10-25(41-18-19-5-8-22(9-6-19)34(38)39)20(15-21)16-26-28(36)33(29(37)42-26)17-27(35)31-23-3-1-2-4-24(23)32-11-13-40-14-12-32/h1-10,15-16H,11-14,17-18H2,(H,31,35)/b26-16-. The van der Waals surface area contributed by atoms with Crippen LogP contribution in [0, 0.1) is 10.1 Å². The number of thioether (sulfide) groups is 1. The summed E-state index contributed by atoms with van der Waals surface area (Å²) in [5.41, 5.74) is 2.68. The van der Waals surface area contributed by atoms with E-state index in [4.69, 9.17) is 9.47 Å². The van der Waals surface area contributed by atoms with Crippen molar-refractivity contribution in [1.29, 1.82) is 0 Å². The highest BCUT2D eigenvalue weighted by molar-refractivity contribution is 9.10. The highest BCUT2D eigenvalue weighted by atomic mass is 79.9. The molecule has 0 unspecified atom stereocenters. The molecule has 3 aromatic carbocycles. The smallest absolute Gasteiger partial charge is 0.294 e. The van der Waals surface area contributed by atoms with E-state index in [1.807, 2.05) is 18.2 Å². The van der Waals surface area contributed by atoms with Crippen molar-refractivity contribution in [2.45, 2.75) is 6.61 Å². The summed E-state index contributed by atoms with van der Waals surface area (Å²) in [5.74, 6) is -0.627. The fourth-order valence-corrected chi connectivity index (χ4v) is 5.62. The number of benzene rings is 3. The number of rotatable bonds is 9. The summed E-state index contributed by atoms with van der Waals surface area (Å²) in [4.78, 5) is 52.5. The molecular formula is C29H25BrN4O7S. The van der Waals surface area contributed by atoms with Crippen molar-refractivity contribution in [3.8, 4) is 5.75 Å². The van der Waals surface area contributed by atoms with Crippen LogP contribution >= 0.6 is 27.7 Å². The van der Waals surface area contributed by atoms with Gasteiger partial charge in [0.2, 0.25) is 5.91 Å². The molecule has 13 heteroatoms. The van der Waals surface area contributed by atoms with Gasteiger partial charge in [-0.15, -0.1) is 0 Å². The number of non-ortho nitro benzene ring substituents is 1. The number of nitro groups is 1. The van der Waals surface area contributed by atoms with Crippen molar-refractivity contribution in [1.82, 2.24) is 4.90 Å². The molecule has 0 bridgehead atoms. The average Bonchev–Trinajstić information content (AvgIpc) is 3.24. The zero-order chi connectivity index (χ0) is 29.6. The molecule has 0 atom stereocenters. The maximum absolute atomic E-state index is 13.2. The average molecular weight is 654 g/mol. The third kappa shape index (κ3) is 6.98. The number of anilines is 2. The third-order valence-electron chi connectivity index (χ3n) is 6.51. The van der Waals surface area contributed by atoms with Crippen LogP contribution in [0.3, 0.4) is 0 Å². The van der Waals surface area contributed by atoms with Crippen LogP contribution in [0.15, 0.2) is 76.1 Å². The number of ether oxygens (including phenoxy) is 2. The number of nitrogens with one attached hydrogen (secondary N) is 1. The Hall–Kier alpha value is -4.20. The molecule has 0 spiro atoms. The first-order valence-electron chi connectivity index (χ1n) is 12.9. The number of carbonyl (C=O) groups is 3. The summed E-state index contributed by atoms with van der Waals surface area (Å²) in [7, 11) is 0. The largest absolute Gasteiger partial charge is 0.488 e. The van der Waals surface area contributed by atoms with Crippen molar-refractivity contribution in [2.75, 3.05) is 43.1 Å². The molecule has 0 radical (unpaired) electrons. The van der Waals surface area contributed by atoms with Crippen molar-refractivity contribution >= 4 is 67.9 Å². The van der Waals surface area contributed by atoms with Gasteiger partial charge in [-0.25, -0.2) is 0 Å². The van der Waals surface area contributed by atoms with Gasteiger partial charge < -0.3 is 19.7 Å². The van der Waals surface area contributed by atoms with Gasteiger partial charge in [0.25, 0.3) is 16.8 Å². The van der Waals surface area contributed by atoms with Gasteiger partial charge in [-0.2, -0.15) is 0 Å². The molecule has 2 saturated heterocycles. The SMILES string of the molecule is O=C(CN1C(=O)S/C(=C\c2cc(Br)ccc2OCc2ccc([N+](=O)[O-])cc2)C1=O)Nc1ccccc1N1CCOCC1. The van der Waals surface area contributed by atoms with Gasteiger partial charge in [0.1, 0.15) is 18.9 Å². The van der Waals surface area contributed by atoms with Crippen molar-refractivity contribution in [2.24, 2.45) is 0 Å². The molecule has 0 saturated carbocycles. The number of morpholine rings is 1. The fourth-order valence-electron chi connectivity index (χ4n) is 4.41. The Morgan fingerprint density at radius 3 is 2.57 bits per heavy atom. The summed E-state index contributed by atoms with van der Waals surface area (Å²) in [5, 5.41) is 13.2. The van der Waals surface area contributed by atoms with Crippen molar-refractivity contribution in [3.05, 3.63) is 97.3 Å². The Bertz CT molecular complexity index is 1560. The Kier molecular flexibility index (Phi) is 9.20. The number of nitrogens with zero attached hydrogens (tertiary/aromatic N) is 3. The molecule has 3 amide bonds. The van der Waals surface area contributed by atoms with Crippen LogP contribution in [-0.2, 0) is 20.9 Å². The Labute approximate surface area is 253 Å². The molecule has 11 nitrogen and oxygen atoms in total. The first-order valence-corrected chi connectivity index (χ1v) is 14.5. The van der Waals surface area contributed by atoms with Gasteiger partial charge in [0.15, 0.2) is 0 Å². The van der Waals surface area contributed by atoms with Crippen LogP contribution in [0.25, 0.3) is 6.08 Å². The van der Waals surface area contributed by atoms with Crippen LogP contribution < -0.4 is 15.0 Å². The molecule has 2 fully saturated rings. The third-order valence-corrected chi connectivity index (χ3v) is 7.91. The summed E-state index contributed by atoms with van der Waals surface area (Å²) in [6, 6.07) is 18.6. The number of amides is 3. The van der Waals surface area contributed by atoms with Crippen LogP contribution in [0.2, 0.25) is 0 Å². The lowest BCUT2D eigenvalue weighted by Gasteiger charge is -2.30. The molecule has 1 N–H and O–H groups in total. The normalized spacial score (nSPS) is 16.2. The minimum Gasteiger partial charge on any atom is -0.488 e. The minimum absolute atomic E-state index is 0.0196. The Balaban J connectivity index is 1.27. The van der Waals surface area contributed by atoms with Gasteiger partial charge >= 0.3 is 0 Å². The molecule has 216 valence electrons. The zero-order valence-corrected chi connectivity index (χ0v) is 24.6. The summed E-state index contributed by atoms with van der Waals surface area (Å²) in [6.45, 7) is 2.27. The first kappa shape index (κ1) is 29.3. The molecule has 0 aliphatic carbocycles. The highest BCUT2D eigenvalue weighted by Gasteiger charge is 2.36. The van der Waals surface area contributed by atoms with Gasteiger partial charge in [-0.1, -0.05) is 28.1 Å². The van der Waals surface area contributed by atoms with Gasteiger partial charge in [-0.3, -0.25) is 29.4 Å². The number of hydrogen-bond donors (Lipinski definition) is 1.